The van der Waals surface area contributed by atoms with Crippen LogP contribution in [-0.4, -0.2) is 18.9 Å². The van der Waals surface area contributed by atoms with Crippen LogP contribution in [0.2, 0.25) is 0 Å². The summed E-state index contributed by atoms with van der Waals surface area (Å²) in [7, 11) is 1.59. The van der Waals surface area contributed by atoms with Crippen LogP contribution in [0.4, 0.5) is 11.4 Å². The van der Waals surface area contributed by atoms with Crippen LogP contribution in [0.25, 0.3) is 11.0 Å². The van der Waals surface area contributed by atoms with Gasteiger partial charge in [0.25, 0.3) is 5.91 Å². The van der Waals surface area contributed by atoms with E-state index < -0.39 is 5.91 Å². The predicted octanol–water partition coefficient (Wildman–Crippen LogP) is 5.21. The molecule has 2 amide bonds. The second-order valence-corrected chi connectivity index (χ2v) is 7.39. The number of anilines is 2. The van der Waals surface area contributed by atoms with E-state index in [2.05, 4.69) is 10.6 Å². The zero-order valence-corrected chi connectivity index (χ0v) is 16.4. The lowest BCUT2D eigenvalue weighted by atomic mass is 10.0. The second-order valence-electron chi connectivity index (χ2n) is 7.39. The number of hydrogen-bond acceptors (Lipinski definition) is 4. The van der Waals surface area contributed by atoms with Gasteiger partial charge in [0.1, 0.15) is 17.0 Å². The van der Waals surface area contributed by atoms with Gasteiger partial charge in [-0.2, -0.15) is 0 Å². The standard InChI is InChI=1S/C23H24N2O4/c1-28-17-12-10-16(11-13-17)24-23(27)22-21(18-8-4-5-9-19(18)29-22)25-20(26)14-15-6-2-3-7-15/h4-5,8-13,15H,2-3,6-7,14H2,1H3,(H,24,27)(H,25,26). The smallest absolute Gasteiger partial charge is 0.293 e. The summed E-state index contributed by atoms with van der Waals surface area (Å²) in [6.07, 6.45) is 5.01. The van der Waals surface area contributed by atoms with Gasteiger partial charge in [-0.3, -0.25) is 9.59 Å². The lowest BCUT2D eigenvalue weighted by molar-refractivity contribution is -0.117. The maximum atomic E-state index is 12.9. The van der Waals surface area contributed by atoms with Gasteiger partial charge in [-0.15, -0.1) is 0 Å². The van der Waals surface area contributed by atoms with Crippen LogP contribution in [0, 0.1) is 5.92 Å². The Morgan fingerprint density at radius 3 is 2.48 bits per heavy atom. The molecule has 3 aromatic rings. The third-order valence-electron chi connectivity index (χ3n) is 5.36. The van der Waals surface area contributed by atoms with Crippen molar-refractivity contribution in [3.05, 3.63) is 54.3 Å². The summed E-state index contributed by atoms with van der Waals surface area (Å²) in [5.74, 6) is 0.725. The van der Waals surface area contributed by atoms with Crippen LogP contribution in [0.5, 0.6) is 5.75 Å². The summed E-state index contributed by atoms with van der Waals surface area (Å²) in [6, 6.07) is 14.3. The highest BCUT2D eigenvalue weighted by molar-refractivity contribution is 6.14. The number of furan rings is 1. The Bertz CT molecular complexity index is 1020. The van der Waals surface area contributed by atoms with Crippen LogP contribution in [0.3, 0.4) is 0 Å². The number of fused-ring (bicyclic) bond motifs is 1. The van der Waals surface area contributed by atoms with Crippen molar-refractivity contribution in [2.75, 3.05) is 17.7 Å². The highest BCUT2D eigenvalue weighted by Gasteiger charge is 2.24. The molecule has 0 atom stereocenters. The maximum absolute atomic E-state index is 12.9. The molecule has 0 radical (unpaired) electrons. The van der Waals surface area contributed by atoms with E-state index in [0.717, 1.165) is 12.8 Å². The van der Waals surface area contributed by atoms with E-state index in [4.69, 9.17) is 9.15 Å². The van der Waals surface area contributed by atoms with Crippen molar-refractivity contribution in [2.24, 2.45) is 5.92 Å². The normalized spacial score (nSPS) is 14.1. The molecule has 0 spiro atoms. The van der Waals surface area contributed by atoms with Crippen LogP contribution < -0.4 is 15.4 Å². The molecule has 0 saturated heterocycles. The second kappa shape index (κ2) is 8.39. The summed E-state index contributed by atoms with van der Waals surface area (Å²) >= 11 is 0. The van der Waals surface area contributed by atoms with E-state index >= 15 is 0 Å². The van der Waals surface area contributed by atoms with Crippen molar-refractivity contribution < 1.29 is 18.7 Å². The summed E-state index contributed by atoms with van der Waals surface area (Å²) < 4.78 is 10.9. The predicted molar refractivity (Wildman–Crippen MR) is 112 cm³/mol. The third-order valence-corrected chi connectivity index (χ3v) is 5.36. The minimum atomic E-state index is -0.414. The summed E-state index contributed by atoms with van der Waals surface area (Å²) in [4.78, 5) is 25.5. The van der Waals surface area contributed by atoms with Crippen molar-refractivity contribution in [1.29, 1.82) is 0 Å². The van der Waals surface area contributed by atoms with E-state index in [9.17, 15) is 9.59 Å². The molecule has 150 valence electrons. The largest absolute Gasteiger partial charge is 0.497 e. The molecule has 6 nitrogen and oxygen atoms in total. The lowest BCUT2D eigenvalue weighted by Gasteiger charge is -2.10. The first-order chi connectivity index (χ1) is 14.1. The average molecular weight is 392 g/mol. The Labute approximate surface area is 169 Å². The van der Waals surface area contributed by atoms with Crippen molar-refractivity contribution >= 4 is 34.2 Å². The number of rotatable bonds is 6. The molecule has 1 aromatic heterocycles. The highest BCUT2D eigenvalue weighted by Crippen LogP contribution is 2.33. The van der Waals surface area contributed by atoms with Crippen LogP contribution in [-0.2, 0) is 4.79 Å². The summed E-state index contributed by atoms with van der Waals surface area (Å²) in [6.45, 7) is 0. The SMILES string of the molecule is COc1ccc(NC(=O)c2oc3ccccc3c2NC(=O)CC2CCCC2)cc1. The number of nitrogens with one attached hydrogen (secondary N) is 2. The van der Waals surface area contributed by atoms with E-state index in [-0.39, 0.29) is 11.7 Å². The van der Waals surface area contributed by atoms with Crippen molar-refractivity contribution in [1.82, 2.24) is 0 Å². The number of hydrogen-bond donors (Lipinski definition) is 2. The molecule has 0 unspecified atom stereocenters. The average Bonchev–Trinajstić information content (AvgIpc) is 3.37. The Morgan fingerprint density at radius 1 is 1.03 bits per heavy atom. The minimum Gasteiger partial charge on any atom is -0.497 e. The number of ether oxygens (including phenoxy) is 1. The molecule has 1 heterocycles. The third kappa shape index (κ3) is 4.26. The number of carbonyl (C=O) groups is 2. The number of benzene rings is 2. The Balaban J connectivity index is 1.58. The molecule has 0 aliphatic heterocycles. The van der Waals surface area contributed by atoms with Gasteiger partial charge in [0.2, 0.25) is 11.7 Å². The molecule has 1 fully saturated rings. The molecule has 1 aliphatic carbocycles. The molecular formula is C23H24N2O4. The first-order valence-electron chi connectivity index (χ1n) is 9.91. The van der Waals surface area contributed by atoms with Crippen molar-refractivity contribution in [2.45, 2.75) is 32.1 Å². The molecule has 2 aromatic carbocycles. The summed E-state index contributed by atoms with van der Waals surface area (Å²) in [5, 5.41) is 6.46. The van der Waals surface area contributed by atoms with Gasteiger partial charge < -0.3 is 19.8 Å². The first-order valence-corrected chi connectivity index (χ1v) is 9.91. The minimum absolute atomic E-state index is 0.0815. The van der Waals surface area contributed by atoms with E-state index in [0.29, 0.717) is 40.4 Å². The van der Waals surface area contributed by atoms with Gasteiger partial charge in [-0.25, -0.2) is 0 Å². The number of methoxy groups -OCH3 is 1. The number of para-hydroxylation sites is 1. The van der Waals surface area contributed by atoms with Gasteiger partial charge >= 0.3 is 0 Å². The fraction of sp³-hybridized carbons (Fsp3) is 0.304. The van der Waals surface area contributed by atoms with E-state index in [1.54, 1.807) is 37.4 Å². The molecular weight excluding hydrogens is 368 g/mol. The van der Waals surface area contributed by atoms with Crippen LogP contribution in [0.1, 0.15) is 42.7 Å². The van der Waals surface area contributed by atoms with Crippen molar-refractivity contribution in [3.8, 4) is 5.75 Å². The summed E-state index contributed by atoms with van der Waals surface area (Å²) in [5.41, 5.74) is 1.60. The zero-order valence-electron chi connectivity index (χ0n) is 16.4. The monoisotopic (exact) mass is 392 g/mol. The van der Waals surface area contributed by atoms with E-state index in [1.807, 2.05) is 18.2 Å². The Morgan fingerprint density at radius 2 is 1.76 bits per heavy atom. The molecule has 6 heteroatoms. The van der Waals surface area contributed by atoms with E-state index in [1.165, 1.54) is 12.8 Å². The highest BCUT2D eigenvalue weighted by atomic mass is 16.5. The van der Waals surface area contributed by atoms with Crippen LogP contribution >= 0.6 is 0 Å². The van der Waals surface area contributed by atoms with Gasteiger partial charge in [-0.1, -0.05) is 25.0 Å². The lowest BCUT2D eigenvalue weighted by Crippen LogP contribution is -2.18. The molecule has 29 heavy (non-hydrogen) atoms. The molecule has 2 N–H and O–H groups in total. The Hall–Kier alpha value is -3.28. The topological polar surface area (TPSA) is 80.6 Å². The molecule has 1 aliphatic rings. The maximum Gasteiger partial charge on any atom is 0.293 e. The van der Waals surface area contributed by atoms with Crippen LogP contribution in [0.15, 0.2) is 52.9 Å². The first kappa shape index (κ1) is 19.1. The molecule has 0 bridgehead atoms. The number of carbonyl (C=O) groups excluding carboxylic acids is 2. The van der Waals surface area contributed by atoms with Crippen molar-refractivity contribution in [3.63, 3.8) is 0 Å². The van der Waals surface area contributed by atoms with Gasteiger partial charge in [0.05, 0.1) is 7.11 Å². The fourth-order valence-corrected chi connectivity index (χ4v) is 3.86. The molecule has 1 saturated carbocycles. The fourth-order valence-electron chi connectivity index (χ4n) is 3.86. The molecule has 4 rings (SSSR count). The zero-order chi connectivity index (χ0) is 20.2. The van der Waals surface area contributed by atoms with Gasteiger partial charge in [0, 0.05) is 17.5 Å². The number of amides is 2. The quantitative estimate of drug-likeness (QED) is 0.603. The van der Waals surface area contributed by atoms with Gasteiger partial charge in [0.15, 0.2) is 0 Å². The van der Waals surface area contributed by atoms with Gasteiger partial charge in [-0.05, 0) is 55.2 Å². The Kier molecular flexibility index (Phi) is 5.51.